The van der Waals surface area contributed by atoms with Crippen molar-refractivity contribution >= 4 is 15.9 Å². The molecule has 3 rings (SSSR count). The van der Waals surface area contributed by atoms with Crippen molar-refractivity contribution in [2.24, 2.45) is 5.41 Å². The molecule has 25 heavy (non-hydrogen) atoms. The molecule has 1 aromatic heterocycles. The third-order valence-corrected chi connectivity index (χ3v) is 7.16. The van der Waals surface area contributed by atoms with Gasteiger partial charge < -0.3 is 9.64 Å². The smallest absolute Gasteiger partial charge is 0.260 e. The average Bonchev–Trinajstić information content (AvgIpc) is 3.24. The fourth-order valence-corrected chi connectivity index (χ4v) is 5.58. The fourth-order valence-electron chi connectivity index (χ4n) is 3.89. The Kier molecular flexibility index (Phi) is 5.17. The van der Waals surface area contributed by atoms with Crippen LogP contribution in [-0.4, -0.2) is 73.2 Å². The van der Waals surface area contributed by atoms with Gasteiger partial charge in [0.1, 0.15) is 0 Å². The number of carbonyl (C=O) groups is 1. The normalized spacial score (nSPS) is 25.2. The summed E-state index contributed by atoms with van der Waals surface area (Å²) in [6, 6.07) is 1.53. The Hall–Kier alpha value is -1.45. The van der Waals surface area contributed by atoms with Crippen molar-refractivity contribution in [2.45, 2.75) is 37.8 Å². The van der Waals surface area contributed by atoms with Crippen LogP contribution >= 0.6 is 0 Å². The first-order chi connectivity index (χ1) is 11.9. The number of carbonyl (C=O) groups excluding carboxylic acids is 1. The summed E-state index contributed by atoms with van der Waals surface area (Å²) in [6.45, 7) is 4.76. The molecule has 2 saturated heterocycles. The second kappa shape index (κ2) is 7.05. The van der Waals surface area contributed by atoms with Gasteiger partial charge in [-0.3, -0.25) is 9.48 Å². The molecule has 2 fully saturated rings. The van der Waals surface area contributed by atoms with Gasteiger partial charge in [0.25, 0.3) is 10.0 Å². The molecule has 0 saturated carbocycles. The first-order valence-corrected chi connectivity index (χ1v) is 10.2. The summed E-state index contributed by atoms with van der Waals surface area (Å²) in [6.07, 6.45) is 3.72. The predicted molar refractivity (Wildman–Crippen MR) is 91.4 cm³/mol. The molecule has 0 aliphatic carbocycles. The molecule has 9 heteroatoms. The lowest BCUT2D eigenvalue weighted by molar-refractivity contribution is -0.146. The second-order valence-electron chi connectivity index (χ2n) is 6.74. The van der Waals surface area contributed by atoms with Crippen molar-refractivity contribution in [1.29, 1.82) is 0 Å². The number of sulfonamides is 1. The SMILES string of the molecule is CCn1nccc1S(=O)(=O)N1CCC2(CCCN(CCOC)C2=O)C1. The minimum atomic E-state index is -3.63. The minimum Gasteiger partial charge on any atom is -0.383 e. The third-order valence-electron chi connectivity index (χ3n) is 5.29. The quantitative estimate of drug-likeness (QED) is 0.730. The Morgan fingerprint density at radius 2 is 2.12 bits per heavy atom. The molecule has 2 aliphatic rings. The van der Waals surface area contributed by atoms with Gasteiger partial charge in [-0.2, -0.15) is 9.40 Å². The van der Waals surface area contributed by atoms with E-state index in [1.54, 1.807) is 7.11 Å². The Bertz CT molecular complexity index is 732. The number of aryl methyl sites for hydroxylation is 1. The van der Waals surface area contributed by atoms with Crippen LogP contribution in [-0.2, 0) is 26.1 Å². The molecule has 1 spiro atoms. The standard InChI is InChI=1S/C16H26N4O4S/c1-3-20-14(5-8-17-20)25(22,23)19-10-7-16(13-19)6-4-9-18(15(16)21)11-12-24-2/h5,8H,3-4,6-7,9-13H2,1-2H3. The molecule has 1 atom stereocenters. The summed E-state index contributed by atoms with van der Waals surface area (Å²) >= 11 is 0. The van der Waals surface area contributed by atoms with E-state index >= 15 is 0 Å². The predicted octanol–water partition coefficient (Wildman–Crippen LogP) is 0.553. The average molecular weight is 370 g/mol. The first-order valence-electron chi connectivity index (χ1n) is 8.75. The van der Waals surface area contributed by atoms with Crippen molar-refractivity contribution in [3.63, 3.8) is 0 Å². The van der Waals surface area contributed by atoms with Crippen LogP contribution in [0.3, 0.4) is 0 Å². The van der Waals surface area contributed by atoms with E-state index in [9.17, 15) is 13.2 Å². The van der Waals surface area contributed by atoms with E-state index in [2.05, 4.69) is 5.10 Å². The number of hydrogen-bond acceptors (Lipinski definition) is 5. The number of likely N-dealkylation sites (tertiary alicyclic amines) is 1. The zero-order chi connectivity index (χ0) is 18.1. The zero-order valence-corrected chi connectivity index (χ0v) is 15.7. The Labute approximate surface area is 148 Å². The van der Waals surface area contributed by atoms with Gasteiger partial charge in [-0.25, -0.2) is 8.42 Å². The van der Waals surface area contributed by atoms with E-state index < -0.39 is 15.4 Å². The number of rotatable bonds is 6. The number of nitrogens with zero attached hydrogens (tertiary/aromatic N) is 4. The lowest BCUT2D eigenvalue weighted by Crippen LogP contribution is -2.51. The van der Waals surface area contributed by atoms with Crippen molar-refractivity contribution in [2.75, 3.05) is 39.9 Å². The molecule has 1 aromatic rings. The Balaban J connectivity index is 1.79. The van der Waals surface area contributed by atoms with Crippen LogP contribution in [0.2, 0.25) is 0 Å². The van der Waals surface area contributed by atoms with Crippen LogP contribution < -0.4 is 0 Å². The van der Waals surface area contributed by atoms with E-state index in [0.717, 1.165) is 19.4 Å². The van der Waals surface area contributed by atoms with E-state index in [1.807, 2.05) is 11.8 Å². The minimum absolute atomic E-state index is 0.0671. The fraction of sp³-hybridized carbons (Fsp3) is 0.750. The first kappa shape index (κ1) is 18.3. The number of methoxy groups -OCH3 is 1. The summed E-state index contributed by atoms with van der Waals surface area (Å²) in [5.74, 6) is 0.0671. The molecular weight excluding hydrogens is 344 g/mol. The van der Waals surface area contributed by atoms with Gasteiger partial charge in [-0.15, -0.1) is 0 Å². The van der Waals surface area contributed by atoms with E-state index in [1.165, 1.54) is 21.3 Å². The van der Waals surface area contributed by atoms with E-state index in [0.29, 0.717) is 32.7 Å². The number of amides is 1. The monoisotopic (exact) mass is 370 g/mol. The van der Waals surface area contributed by atoms with Crippen LogP contribution in [0.15, 0.2) is 17.3 Å². The molecule has 1 amide bonds. The number of piperidine rings is 1. The number of hydrogen-bond donors (Lipinski definition) is 0. The largest absolute Gasteiger partial charge is 0.383 e. The van der Waals surface area contributed by atoms with Crippen molar-refractivity contribution in [3.05, 3.63) is 12.3 Å². The maximum absolute atomic E-state index is 13.0. The maximum Gasteiger partial charge on any atom is 0.260 e. The van der Waals surface area contributed by atoms with Crippen molar-refractivity contribution in [1.82, 2.24) is 19.0 Å². The van der Waals surface area contributed by atoms with Gasteiger partial charge in [-0.05, 0) is 32.3 Å². The van der Waals surface area contributed by atoms with E-state index in [-0.39, 0.29) is 17.5 Å². The van der Waals surface area contributed by atoms with Crippen LogP contribution in [0.1, 0.15) is 26.2 Å². The molecule has 0 aromatic carbocycles. The summed E-state index contributed by atoms with van der Waals surface area (Å²) in [5, 5.41) is 4.26. The maximum atomic E-state index is 13.0. The molecule has 2 aliphatic heterocycles. The van der Waals surface area contributed by atoms with Gasteiger partial charge in [0.2, 0.25) is 5.91 Å². The molecule has 0 bridgehead atoms. The van der Waals surface area contributed by atoms with Gasteiger partial charge in [0.05, 0.1) is 18.2 Å². The lowest BCUT2D eigenvalue weighted by Gasteiger charge is -2.39. The van der Waals surface area contributed by atoms with Crippen LogP contribution in [0.25, 0.3) is 0 Å². The second-order valence-corrected chi connectivity index (χ2v) is 8.63. The summed E-state index contributed by atoms with van der Waals surface area (Å²) in [7, 11) is -2.02. The van der Waals surface area contributed by atoms with Crippen molar-refractivity contribution in [3.8, 4) is 0 Å². The number of aromatic nitrogens is 2. The van der Waals surface area contributed by atoms with Gasteiger partial charge in [-0.1, -0.05) is 0 Å². The summed E-state index contributed by atoms with van der Waals surface area (Å²) in [5.41, 5.74) is -0.587. The molecule has 3 heterocycles. The van der Waals surface area contributed by atoms with Gasteiger partial charge in [0, 0.05) is 39.8 Å². The Morgan fingerprint density at radius 1 is 1.32 bits per heavy atom. The molecular formula is C16H26N4O4S. The summed E-state index contributed by atoms with van der Waals surface area (Å²) in [4.78, 5) is 14.8. The molecule has 1 unspecified atom stereocenters. The molecule has 140 valence electrons. The van der Waals surface area contributed by atoms with Crippen molar-refractivity contribution < 1.29 is 17.9 Å². The Morgan fingerprint density at radius 3 is 2.84 bits per heavy atom. The van der Waals surface area contributed by atoms with Gasteiger partial charge in [0.15, 0.2) is 5.03 Å². The third kappa shape index (κ3) is 3.20. The lowest BCUT2D eigenvalue weighted by atomic mass is 9.78. The van der Waals surface area contributed by atoms with Crippen LogP contribution in [0, 0.1) is 5.41 Å². The summed E-state index contributed by atoms with van der Waals surface area (Å²) < 4.78 is 34.0. The molecule has 0 N–H and O–H groups in total. The molecule has 0 radical (unpaired) electrons. The zero-order valence-electron chi connectivity index (χ0n) is 14.8. The van der Waals surface area contributed by atoms with Crippen LogP contribution in [0.5, 0.6) is 0 Å². The highest BCUT2D eigenvalue weighted by Gasteiger charge is 2.51. The highest BCUT2D eigenvalue weighted by atomic mass is 32.2. The highest BCUT2D eigenvalue weighted by Crippen LogP contribution is 2.41. The highest BCUT2D eigenvalue weighted by molar-refractivity contribution is 7.89. The van der Waals surface area contributed by atoms with E-state index in [4.69, 9.17) is 4.74 Å². The number of ether oxygens (including phenoxy) is 1. The van der Waals surface area contributed by atoms with Crippen LogP contribution in [0.4, 0.5) is 0 Å². The van der Waals surface area contributed by atoms with Gasteiger partial charge >= 0.3 is 0 Å². The topological polar surface area (TPSA) is 84.7 Å². The molecule has 8 nitrogen and oxygen atoms in total.